The van der Waals surface area contributed by atoms with Gasteiger partial charge in [-0.2, -0.15) is 4.73 Å². The fraction of sp³-hybridized carbons (Fsp3) is 0.375. The van der Waals surface area contributed by atoms with E-state index in [-0.39, 0.29) is 17.3 Å². The van der Waals surface area contributed by atoms with Crippen LogP contribution in [-0.2, 0) is 6.42 Å². The maximum atomic E-state index is 13.5. The third kappa shape index (κ3) is 4.45. The van der Waals surface area contributed by atoms with E-state index in [4.69, 9.17) is 34.8 Å². The number of pyridine rings is 1. The Morgan fingerprint density at radius 1 is 1.10 bits per heavy atom. The van der Waals surface area contributed by atoms with Crippen molar-refractivity contribution in [2.75, 3.05) is 20.6 Å². The number of fused-ring (bicyclic) bond motifs is 2. The molecule has 1 aromatic heterocycles. The molecule has 2 atom stereocenters. The zero-order valence-corrected chi connectivity index (χ0v) is 19.8. The Morgan fingerprint density at radius 3 is 2.52 bits per heavy atom. The lowest BCUT2D eigenvalue weighted by molar-refractivity contribution is 0.181. The van der Waals surface area contributed by atoms with Gasteiger partial charge in [0.05, 0.1) is 16.6 Å². The molecule has 0 spiro atoms. The predicted octanol–water partition coefficient (Wildman–Crippen LogP) is 6.35. The molecule has 7 heteroatoms. The largest absolute Gasteiger partial charge is 0.428 e. The summed E-state index contributed by atoms with van der Waals surface area (Å²) in [5.41, 5.74) is 2.81. The molecule has 31 heavy (non-hydrogen) atoms. The second-order valence-electron chi connectivity index (χ2n) is 8.61. The average Bonchev–Trinajstić information content (AvgIpc) is 2.71. The molecule has 0 aliphatic heterocycles. The standard InChI is InChI=1S/C24H25Cl3N2O2/c1-28(2)9-3-4-14-10-15(18-7-5-17(26)13-20(18)27)11-22-23(14)24(30)19-12-16(25)6-8-21(19)29(22)31/h5-8,12-15,31H,3-4,9-11H2,1-2H3. The molecule has 1 aliphatic carbocycles. The van der Waals surface area contributed by atoms with E-state index < -0.39 is 0 Å². The number of hydrogen-bond acceptors (Lipinski definition) is 3. The van der Waals surface area contributed by atoms with Crippen molar-refractivity contribution in [1.29, 1.82) is 0 Å². The maximum Gasteiger partial charge on any atom is 0.193 e. The van der Waals surface area contributed by atoms with Gasteiger partial charge in [-0.3, -0.25) is 4.79 Å². The van der Waals surface area contributed by atoms with Crippen molar-refractivity contribution in [2.45, 2.75) is 37.5 Å². The molecule has 0 saturated heterocycles. The average molecular weight is 480 g/mol. The SMILES string of the molecule is CN(C)CCCC1CC(c2ccc(Cl)cc2Cl)Cc2c1c(=O)c1cc(Cl)ccc1n2O. The second-order valence-corrected chi connectivity index (χ2v) is 9.89. The number of halogens is 3. The van der Waals surface area contributed by atoms with Crippen LogP contribution < -0.4 is 5.43 Å². The third-order valence-electron chi connectivity index (χ3n) is 6.22. The van der Waals surface area contributed by atoms with Gasteiger partial charge in [0.1, 0.15) is 0 Å². The van der Waals surface area contributed by atoms with Crippen molar-refractivity contribution in [3.05, 3.63) is 78.5 Å². The van der Waals surface area contributed by atoms with Crippen LogP contribution in [0.5, 0.6) is 0 Å². The summed E-state index contributed by atoms with van der Waals surface area (Å²) in [6.45, 7) is 0.935. The van der Waals surface area contributed by atoms with Gasteiger partial charge < -0.3 is 10.1 Å². The van der Waals surface area contributed by atoms with Crippen LogP contribution in [0.1, 0.15) is 47.9 Å². The quantitative estimate of drug-likeness (QED) is 0.433. The molecule has 0 saturated carbocycles. The molecule has 164 valence electrons. The Balaban J connectivity index is 1.84. The van der Waals surface area contributed by atoms with Crippen LogP contribution in [0.25, 0.3) is 10.9 Å². The Labute approximate surface area is 196 Å². The summed E-state index contributed by atoms with van der Waals surface area (Å²) in [5, 5.41) is 13.2. The monoisotopic (exact) mass is 478 g/mol. The van der Waals surface area contributed by atoms with Crippen LogP contribution in [0.4, 0.5) is 0 Å². The molecule has 4 nitrogen and oxygen atoms in total. The molecule has 3 aromatic rings. The number of aromatic nitrogens is 1. The highest BCUT2D eigenvalue weighted by Crippen LogP contribution is 2.43. The van der Waals surface area contributed by atoms with E-state index in [1.54, 1.807) is 24.3 Å². The molecular weight excluding hydrogens is 455 g/mol. The summed E-state index contributed by atoms with van der Waals surface area (Å²) in [5.74, 6) is 0.110. The van der Waals surface area contributed by atoms with Crippen molar-refractivity contribution < 1.29 is 5.21 Å². The first-order valence-electron chi connectivity index (χ1n) is 10.4. The molecule has 0 radical (unpaired) electrons. The van der Waals surface area contributed by atoms with E-state index in [0.29, 0.717) is 43.6 Å². The first-order chi connectivity index (χ1) is 14.8. The summed E-state index contributed by atoms with van der Waals surface area (Å²) in [7, 11) is 4.09. The lowest BCUT2D eigenvalue weighted by Crippen LogP contribution is -2.29. The van der Waals surface area contributed by atoms with Crippen molar-refractivity contribution >= 4 is 45.7 Å². The lowest BCUT2D eigenvalue weighted by atomic mass is 9.74. The second kappa shape index (κ2) is 9.03. The van der Waals surface area contributed by atoms with Crippen LogP contribution in [-0.4, -0.2) is 35.5 Å². The first-order valence-corrected chi connectivity index (χ1v) is 11.6. The Bertz CT molecular complexity index is 1190. The predicted molar refractivity (Wildman–Crippen MR) is 128 cm³/mol. The van der Waals surface area contributed by atoms with Gasteiger partial charge >= 0.3 is 0 Å². The normalized spacial score (nSPS) is 18.5. The zero-order valence-electron chi connectivity index (χ0n) is 17.5. The zero-order chi connectivity index (χ0) is 22.3. The van der Waals surface area contributed by atoms with E-state index >= 15 is 0 Å². The highest BCUT2D eigenvalue weighted by molar-refractivity contribution is 6.35. The van der Waals surface area contributed by atoms with Gasteiger partial charge in [0, 0.05) is 20.6 Å². The smallest absolute Gasteiger partial charge is 0.193 e. The fourth-order valence-electron chi connectivity index (χ4n) is 4.79. The molecule has 1 N–H and O–H groups in total. The van der Waals surface area contributed by atoms with Gasteiger partial charge in [-0.05, 0) is 94.1 Å². The van der Waals surface area contributed by atoms with Crippen LogP contribution in [0.15, 0.2) is 41.2 Å². The molecule has 0 bridgehead atoms. The van der Waals surface area contributed by atoms with Crippen molar-refractivity contribution in [2.24, 2.45) is 0 Å². The first kappa shape index (κ1) is 22.5. The van der Waals surface area contributed by atoms with E-state index in [9.17, 15) is 10.0 Å². The Morgan fingerprint density at radius 2 is 1.81 bits per heavy atom. The van der Waals surface area contributed by atoms with Gasteiger partial charge in [0.2, 0.25) is 0 Å². The minimum absolute atomic E-state index is 0.0229. The molecule has 2 unspecified atom stereocenters. The van der Waals surface area contributed by atoms with Crippen molar-refractivity contribution in [1.82, 2.24) is 9.63 Å². The van der Waals surface area contributed by atoms with Crippen molar-refractivity contribution in [3.63, 3.8) is 0 Å². The molecular formula is C24H25Cl3N2O2. The highest BCUT2D eigenvalue weighted by Gasteiger charge is 2.34. The van der Waals surface area contributed by atoms with Crippen LogP contribution in [0.3, 0.4) is 0 Å². The van der Waals surface area contributed by atoms with Gasteiger partial charge in [0.15, 0.2) is 5.43 Å². The molecule has 1 aliphatic rings. The number of rotatable bonds is 5. The van der Waals surface area contributed by atoms with Gasteiger partial charge in [-0.15, -0.1) is 0 Å². The van der Waals surface area contributed by atoms with Gasteiger partial charge in [-0.1, -0.05) is 40.9 Å². The molecule has 0 amide bonds. The minimum atomic E-state index is -0.0340. The molecule has 4 rings (SSSR count). The van der Waals surface area contributed by atoms with Crippen LogP contribution in [0.2, 0.25) is 15.1 Å². The Hall–Kier alpha value is -1.72. The van der Waals surface area contributed by atoms with Gasteiger partial charge in [0.25, 0.3) is 0 Å². The van der Waals surface area contributed by atoms with Gasteiger partial charge in [-0.25, -0.2) is 0 Å². The van der Waals surface area contributed by atoms with E-state index in [2.05, 4.69) is 4.90 Å². The van der Waals surface area contributed by atoms with Crippen LogP contribution in [0, 0.1) is 0 Å². The molecule has 1 heterocycles. The summed E-state index contributed by atoms with van der Waals surface area (Å²) in [6.07, 6.45) is 3.14. The van der Waals surface area contributed by atoms with E-state index in [1.165, 1.54) is 4.73 Å². The van der Waals surface area contributed by atoms with Crippen molar-refractivity contribution in [3.8, 4) is 0 Å². The minimum Gasteiger partial charge on any atom is -0.428 e. The fourth-order valence-corrected chi connectivity index (χ4v) is 5.53. The summed E-state index contributed by atoms with van der Waals surface area (Å²) < 4.78 is 1.18. The summed E-state index contributed by atoms with van der Waals surface area (Å²) in [4.78, 5) is 15.6. The lowest BCUT2D eigenvalue weighted by Gasteiger charge is -2.33. The number of nitrogens with zero attached hydrogens (tertiary/aromatic N) is 2. The number of hydrogen-bond donors (Lipinski definition) is 1. The van der Waals surface area contributed by atoms with Crippen LogP contribution >= 0.6 is 34.8 Å². The molecule has 0 fully saturated rings. The van der Waals surface area contributed by atoms with E-state index in [1.807, 2.05) is 26.2 Å². The number of benzene rings is 2. The maximum absolute atomic E-state index is 13.5. The third-order valence-corrected chi connectivity index (χ3v) is 7.02. The molecule has 2 aromatic carbocycles. The topological polar surface area (TPSA) is 45.5 Å². The Kier molecular flexibility index (Phi) is 6.55. The summed E-state index contributed by atoms with van der Waals surface area (Å²) >= 11 is 18.8. The van der Waals surface area contributed by atoms with E-state index in [0.717, 1.165) is 31.4 Å². The highest BCUT2D eigenvalue weighted by atomic mass is 35.5. The summed E-state index contributed by atoms with van der Waals surface area (Å²) in [6, 6.07) is 10.6.